The number of ether oxygens (including phenoxy) is 1. The number of nitrogen functional groups attached to an aromatic ring is 1. The zero-order valence-corrected chi connectivity index (χ0v) is 16.9. The molecule has 164 valence electrons. The van der Waals surface area contributed by atoms with Crippen LogP contribution >= 0.6 is 0 Å². The third kappa shape index (κ3) is 3.62. The van der Waals surface area contributed by atoms with Crippen molar-refractivity contribution in [2.45, 2.75) is 6.43 Å². The van der Waals surface area contributed by atoms with E-state index in [2.05, 4.69) is 15.0 Å². The number of alkyl halides is 2. The Labute approximate surface area is 181 Å². The SMILES string of the molecule is Nc1ccc(-c2cc(N3CCOCC3)nc(-n3c(C(F)F)nc4ccccc43)n2)cc1F. The molecule has 2 aromatic carbocycles. The van der Waals surface area contributed by atoms with Crippen molar-refractivity contribution in [1.29, 1.82) is 0 Å². The van der Waals surface area contributed by atoms with E-state index < -0.39 is 18.1 Å². The first-order valence-corrected chi connectivity index (χ1v) is 10.0. The molecule has 10 heteroatoms. The first kappa shape index (κ1) is 20.3. The van der Waals surface area contributed by atoms with Gasteiger partial charge < -0.3 is 15.4 Å². The van der Waals surface area contributed by atoms with E-state index in [9.17, 15) is 13.2 Å². The van der Waals surface area contributed by atoms with Crippen molar-refractivity contribution in [3.63, 3.8) is 0 Å². The first-order chi connectivity index (χ1) is 15.5. The number of hydrogen-bond donors (Lipinski definition) is 1. The average molecular weight is 440 g/mol. The van der Waals surface area contributed by atoms with Crippen LogP contribution in [0.25, 0.3) is 28.2 Å². The molecule has 1 saturated heterocycles. The van der Waals surface area contributed by atoms with Gasteiger partial charge in [0.25, 0.3) is 6.43 Å². The Morgan fingerprint density at radius 3 is 2.50 bits per heavy atom. The summed E-state index contributed by atoms with van der Waals surface area (Å²) in [5, 5.41) is 0. The largest absolute Gasteiger partial charge is 0.396 e. The van der Waals surface area contributed by atoms with Crippen LogP contribution in [0.5, 0.6) is 0 Å². The maximum Gasteiger partial charge on any atom is 0.296 e. The standard InChI is InChI=1S/C22H19F3N6O/c23-14-11-13(5-6-15(14)26)17-12-19(30-7-9-32-10-8-30)29-22(28-17)31-18-4-2-1-3-16(18)27-21(31)20(24)25/h1-6,11-12,20H,7-10,26H2. The van der Waals surface area contributed by atoms with E-state index in [0.717, 1.165) is 0 Å². The molecule has 0 radical (unpaired) electrons. The van der Waals surface area contributed by atoms with E-state index in [1.165, 1.54) is 16.7 Å². The van der Waals surface area contributed by atoms with E-state index >= 15 is 0 Å². The van der Waals surface area contributed by atoms with E-state index in [4.69, 9.17) is 10.5 Å². The van der Waals surface area contributed by atoms with Crippen molar-refractivity contribution in [3.8, 4) is 17.2 Å². The van der Waals surface area contributed by atoms with Crippen LogP contribution in [0, 0.1) is 5.82 Å². The van der Waals surface area contributed by atoms with Crippen LogP contribution in [-0.2, 0) is 4.74 Å². The molecule has 1 aliphatic rings. The Morgan fingerprint density at radius 2 is 1.75 bits per heavy atom. The second-order valence-electron chi connectivity index (χ2n) is 7.34. The Hall–Kier alpha value is -3.66. The Morgan fingerprint density at radius 1 is 0.969 bits per heavy atom. The predicted octanol–water partition coefficient (Wildman–Crippen LogP) is 3.98. The molecule has 2 N–H and O–H groups in total. The molecule has 7 nitrogen and oxygen atoms in total. The summed E-state index contributed by atoms with van der Waals surface area (Å²) in [5.74, 6) is -0.481. The number of fused-ring (bicyclic) bond motifs is 1. The minimum atomic E-state index is -2.84. The molecule has 32 heavy (non-hydrogen) atoms. The third-order valence-corrected chi connectivity index (χ3v) is 5.31. The van der Waals surface area contributed by atoms with Crippen LogP contribution in [0.1, 0.15) is 12.2 Å². The fourth-order valence-electron chi connectivity index (χ4n) is 3.71. The second kappa shape index (κ2) is 8.12. The van der Waals surface area contributed by atoms with Gasteiger partial charge >= 0.3 is 0 Å². The molecule has 5 rings (SSSR count). The Bertz CT molecular complexity index is 1290. The van der Waals surface area contributed by atoms with Crippen molar-refractivity contribution in [3.05, 3.63) is 60.2 Å². The zero-order chi connectivity index (χ0) is 22.2. The molecule has 0 aliphatic carbocycles. The maximum atomic E-state index is 14.2. The summed E-state index contributed by atoms with van der Waals surface area (Å²) < 4.78 is 48.6. The highest BCUT2D eigenvalue weighted by atomic mass is 19.3. The zero-order valence-electron chi connectivity index (χ0n) is 16.9. The lowest BCUT2D eigenvalue weighted by Gasteiger charge is -2.28. The van der Waals surface area contributed by atoms with Crippen LogP contribution in [-0.4, -0.2) is 45.8 Å². The number of rotatable bonds is 4. The van der Waals surface area contributed by atoms with E-state index in [0.29, 0.717) is 54.4 Å². The summed E-state index contributed by atoms with van der Waals surface area (Å²) in [5.41, 5.74) is 7.32. The summed E-state index contributed by atoms with van der Waals surface area (Å²) in [6.07, 6.45) is -2.84. The number of morpholine rings is 1. The summed E-state index contributed by atoms with van der Waals surface area (Å²) in [7, 11) is 0. The lowest BCUT2D eigenvalue weighted by Crippen LogP contribution is -2.37. The number of nitrogens with zero attached hydrogens (tertiary/aromatic N) is 5. The molecule has 0 bridgehead atoms. The molecule has 3 heterocycles. The number of imidazole rings is 1. The van der Waals surface area contributed by atoms with Crippen molar-refractivity contribution >= 4 is 22.5 Å². The highest BCUT2D eigenvalue weighted by Crippen LogP contribution is 2.30. The summed E-state index contributed by atoms with van der Waals surface area (Å²) in [6, 6.07) is 12.8. The van der Waals surface area contributed by atoms with Gasteiger partial charge in [0.15, 0.2) is 5.82 Å². The van der Waals surface area contributed by atoms with Crippen LogP contribution in [0.3, 0.4) is 0 Å². The van der Waals surface area contributed by atoms with Crippen LogP contribution in [0.2, 0.25) is 0 Å². The van der Waals surface area contributed by atoms with Gasteiger partial charge in [-0.3, -0.25) is 4.57 Å². The highest BCUT2D eigenvalue weighted by Gasteiger charge is 2.24. The quantitative estimate of drug-likeness (QED) is 0.484. The van der Waals surface area contributed by atoms with Crippen molar-refractivity contribution in [2.75, 3.05) is 36.9 Å². The number of hydrogen-bond acceptors (Lipinski definition) is 6. The molecule has 2 aromatic heterocycles. The number of benzene rings is 2. The lowest BCUT2D eigenvalue weighted by molar-refractivity contribution is 0.122. The molecule has 0 saturated carbocycles. The van der Waals surface area contributed by atoms with Crippen LogP contribution in [0.4, 0.5) is 24.7 Å². The van der Waals surface area contributed by atoms with Gasteiger partial charge in [0, 0.05) is 24.7 Å². The fraction of sp³-hybridized carbons (Fsp3) is 0.227. The van der Waals surface area contributed by atoms with E-state index in [1.807, 2.05) is 4.90 Å². The Kier molecular flexibility index (Phi) is 5.14. The molecule has 0 atom stereocenters. The van der Waals surface area contributed by atoms with Crippen molar-refractivity contribution < 1.29 is 17.9 Å². The molecular weight excluding hydrogens is 421 g/mol. The first-order valence-electron chi connectivity index (χ1n) is 10.0. The van der Waals surface area contributed by atoms with Crippen molar-refractivity contribution in [2.24, 2.45) is 0 Å². The summed E-state index contributed by atoms with van der Waals surface area (Å²) in [6.45, 7) is 2.19. The number of para-hydroxylation sites is 2. The normalized spacial score (nSPS) is 14.4. The number of aromatic nitrogens is 4. The molecular formula is C22H19F3N6O. The van der Waals surface area contributed by atoms with Gasteiger partial charge in [-0.15, -0.1) is 0 Å². The molecule has 0 amide bonds. The monoisotopic (exact) mass is 440 g/mol. The van der Waals surface area contributed by atoms with Gasteiger partial charge in [0.1, 0.15) is 11.6 Å². The van der Waals surface area contributed by atoms with Gasteiger partial charge in [0.2, 0.25) is 5.95 Å². The minimum Gasteiger partial charge on any atom is -0.396 e. The predicted molar refractivity (Wildman–Crippen MR) is 114 cm³/mol. The molecule has 0 spiro atoms. The smallest absolute Gasteiger partial charge is 0.296 e. The lowest BCUT2D eigenvalue weighted by atomic mass is 10.1. The van der Waals surface area contributed by atoms with Crippen LogP contribution in [0.15, 0.2) is 48.5 Å². The van der Waals surface area contributed by atoms with E-state index in [-0.39, 0.29) is 11.6 Å². The highest BCUT2D eigenvalue weighted by molar-refractivity contribution is 5.78. The van der Waals surface area contributed by atoms with Gasteiger partial charge in [-0.05, 0) is 24.3 Å². The van der Waals surface area contributed by atoms with Gasteiger partial charge in [-0.1, -0.05) is 18.2 Å². The van der Waals surface area contributed by atoms with Crippen LogP contribution < -0.4 is 10.6 Å². The third-order valence-electron chi connectivity index (χ3n) is 5.31. The number of halogens is 3. The average Bonchev–Trinajstić information content (AvgIpc) is 3.21. The topological polar surface area (TPSA) is 82.1 Å². The second-order valence-corrected chi connectivity index (χ2v) is 7.34. The van der Waals surface area contributed by atoms with Gasteiger partial charge in [-0.2, -0.15) is 4.98 Å². The molecule has 4 aromatic rings. The van der Waals surface area contributed by atoms with Gasteiger partial charge in [-0.25, -0.2) is 23.1 Å². The fourth-order valence-corrected chi connectivity index (χ4v) is 3.71. The maximum absolute atomic E-state index is 14.2. The summed E-state index contributed by atoms with van der Waals surface area (Å²) >= 11 is 0. The Balaban J connectivity index is 1.74. The molecule has 1 aliphatic heterocycles. The summed E-state index contributed by atoms with van der Waals surface area (Å²) in [4.78, 5) is 15.2. The minimum absolute atomic E-state index is 0.0111. The molecule has 0 unspecified atom stereocenters. The number of nitrogens with two attached hydrogens (primary N) is 1. The number of anilines is 2. The van der Waals surface area contributed by atoms with Gasteiger partial charge in [0.05, 0.1) is 35.6 Å². The van der Waals surface area contributed by atoms with E-state index in [1.54, 1.807) is 36.4 Å². The van der Waals surface area contributed by atoms with Crippen molar-refractivity contribution in [1.82, 2.24) is 19.5 Å². The molecule has 1 fully saturated rings.